The molecule has 102 valence electrons. The van der Waals surface area contributed by atoms with Crippen LogP contribution in [0.15, 0.2) is 41.5 Å². The molecule has 0 saturated heterocycles. The van der Waals surface area contributed by atoms with Gasteiger partial charge in [-0.1, -0.05) is 18.2 Å². The smallest absolute Gasteiger partial charge is 0.252 e. The second kappa shape index (κ2) is 5.66. The molecule has 3 rings (SSSR count). The standard InChI is InChI=1S/C14H15N5O/c20-14-11(7-10-3-1-2-4-12(10)18-14)8-15-6-5-13-16-9-17-19-13/h1-4,7,9,15H,5-6,8H2,(H,18,20)(H,16,17,19). The van der Waals surface area contributed by atoms with Crippen LogP contribution in [0.3, 0.4) is 0 Å². The maximum Gasteiger partial charge on any atom is 0.252 e. The molecule has 0 unspecified atom stereocenters. The van der Waals surface area contributed by atoms with Crippen LogP contribution < -0.4 is 10.9 Å². The molecule has 0 aliphatic heterocycles. The summed E-state index contributed by atoms with van der Waals surface area (Å²) < 4.78 is 0. The van der Waals surface area contributed by atoms with Crippen LogP contribution in [0.2, 0.25) is 0 Å². The van der Waals surface area contributed by atoms with E-state index < -0.39 is 0 Å². The number of fused-ring (bicyclic) bond motifs is 1. The average molecular weight is 269 g/mol. The highest BCUT2D eigenvalue weighted by Gasteiger charge is 2.02. The Kier molecular flexibility index (Phi) is 3.56. The van der Waals surface area contributed by atoms with E-state index in [1.54, 1.807) is 0 Å². The molecule has 3 aromatic rings. The molecule has 0 atom stereocenters. The predicted molar refractivity (Wildman–Crippen MR) is 76.4 cm³/mol. The molecule has 0 bridgehead atoms. The summed E-state index contributed by atoms with van der Waals surface area (Å²) in [6.45, 7) is 1.27. The normalized spacial score (nSPS) is 11.0. The van der Waals surface area contributed by atoms with Gasteiger partial charge in [-0.3, -0.25) is 9.89 Å². The van der Waals surface area contributed by atoms with Gasteiger partial charge in [0, 0.05) is 30.6 Å². The molecule has 2 heterocycles. The van der Waals surface area contributed by atoms with Gasteiger partial charge < -0.3 is 10.3 Å². The first-order valence-electron chi connectivity index (χ1n) is 6.49. The Morgan fingerprint density at radius 1 is 1.25 bits per heavy atom. The average Bonchev–Trinajstić information content (AvgIpc) is 2.97. The number of hydrogen-bond donors (Lipinski definition) is 3. The zero-order valence-electron chi connectivity index (χ0n) is 10.9. The number of para-hydroxylation sites is 1. The van der Waals surface area contributed by atoms with Crippen LogP contribution in [-0.4, -0.2) is 26.7 Å². The molecule has 3 N–H and O–H groups in total. The van der Waals surface area contributed by atoms with E-state index in [0.717, 1.165) is 35.3 Å². The molecule has 0 radical (unpaired) electrons. The Labute approximate surface area is 115 Å². The number of aromatic nitrogens is 4. The molecule has 6 nitrogen and oxygen atoms in total. The molecule has 2 aromatic heterocycles. The van der Waals surface area contributed by atoms with Crippen LogP contribution in [-0.2, 0) is 13.0 Å². The maximum atomic E-state index is 11.9. The van der Waals surface area contributed by atoms with E-state index in [1.165, 1.54) is 6.33 Å². The SMILES string of the molecule is O=c1[nH]c2ccccc2cc1CNCCc1ncn[nH]1. The number of hydrogen-bond acceptors (Lipinski definition) is 4. The molecule has 1 aromatic carbocycles. The van der Waals surface area contributed by atoms with Crippen LogP contribution in [0.5, 0.6) is 0 Å². The Balaban J connectivity index is 1.65. The van der Waals surface area contributed by atoms with Gasteiger partial charge in [-0.25, -0.2) is 4.98 Å². The highest BCUT2D eigenvalue weighted by Crippen LogP contribution is 2.09. The van der Waals surface area contributed by atoms with Crippen LogP contribution in [0, 0.1) is 0 Å². The quantitative estimate of drug-likeness (QED) is 0.603. The summed E-state index contributed by atoms with van der Waals surface area (Å²) in [5.41, 5.74) is 1.56. The summed E-state index contributed by atoms with van der Waals surface area (Å²) in [5.74, 6) is 0.838. The van der Waals surface area contributed by atoms with Gasteiger partial charge in [-0.15, -0.1) is 0 Å². The molecule has 0 saturated carbocycles. The van der Waals surface area contributed by atoms with Crippen molar-refractivity contribution in [2.24, 2.45) is 0 Å². The number of pyridine rings is 1. The zero-order chi connectivity index (χ0) is 13.8. The number of H-pyrrole nitrogens is 2. The summed E-state index contributed by atoms with van der Waals surface area (Å²) in [4.78, 5) is 18.9. The minimum absolute atomic E-state index is 0.0455. The highest BCUT2D eigenvalue weighted by molar-refractivity contribution is 5.78. The number of benzene rings is 1. The van der Waals surface area contributed by atoms with Gasteiger partial charge in [-0.05, 0) is 17.5 Å². The summed E-state index contributed by atoms with van der Waals surface area (Å²) in [6.07, 6.45) is 2.24. The van der Waals surface area contributed by atoms with Crippen LogP contribution in [0.25, 0.3) is 10.9 Å². The Bertz CT molecular complexity index is 748. The van der Waals surface area contributed by atoms with Gasteiger partial charge in [0.1, 0.15) is 12.2 Å². The molecule has 6 heteroatoms. The van der Waals surface area contributed by atoms with E-state index in [9.17, 15) is 4.79 Å². The first-order valence-corrected chi connectivity index (χ1v) is 6.49. The van der Waals surface area contributed by atoms with Crippen LogP contribution in [0.1, 0.15) is 11.4 Å². The van der Waals surface area contributed by atoms with E-state index >= 15 is 0 Å². The summed E-state index contributed by atoms with van der Waals surface area (Å²) in [7, 11) is 0. The lowest BCUT2D eigenvalue weighted by atomic mass is 10.1. The van der Waals surface area contributed by atoms with E-state index in [0.29, 0.717) is 6.54 Å². The van der Waals surface area contributed by atoms with Crippen molar-refractivity contribution in [3.63, 3.8) is 0 Å². The third kappa shape index (κ3) is 2.75. The fourth-order valence-corrected chi connectivity index (χ4v) is 2.10. The number of aromatic amines is 2. The molecular formula is C14H15N5O. The van der Waals surface area contributed by atoms with Gasteiger partial charge in [0.25, 0.3) is 5.56 Å². The van der Waals surface area contributed by atoms with Crippen molar-refractivity contribution in [1.29, 1.82) is 0 Å². The van der Waals surface area contributed by atoms with Crippen molar-refractivity contribution in [2.45, 2.75) is 13.0 Å². The van der Waals surface area contributed by atoms with Gasteiger partial charge in [0.05, 0.1) is 0 Å². The highest BCUT2D eigenvalue weighted by atomic mass is 16.1. The van der Waals surface area contributed by atoms with Crippen molar-refractivity contribution in [3.05, 3.63) is 58.4 Å². The minimum Gasteiger partial charge on any atom is -0.322 e. The van der Waals surface area contributed by atoms with Gasteiger partial charge in [-0.2, -0.15) is 5.10 Å². The molecule has 0 amide bonds. The molecule has 0 aliphatic carbocycles. The lowest BCUT2D eigenvalue weighted by Crippen LogP contribution is -2.23. The fourth-order valence-electron chi connectivity index (χ4n) is 2.10. The predicted octanol–water partition coefficient (Wildman–Crippen LogP) is 0.978. The first kappa shape index (κ1) is 12.6. The fraction of sp³-hybridized carbons (Fsp3) is 0.214. The zero-order valence-corrected chi connectivity index (χ0v) is 10.9. The molecular weight excluding hydrogens is 254 g/mol. The van der Waals surface area contributed by atoms with Gasteiger partial charge >= 0.3 is 0 Å². The molecule has 0 fully saturated rings. The largest absolute Gasteiger partial charge is 0.322 e. The number of nitrogens with one attached hydrogen (secondary N) is 3. The van der Waals surface area contributed by atoms with E-state index in [2.05, 4.69) is 25.5 Å². The number of rotatable bonds is 5. The lowest BCUT2D eigenvalue weighted by molar-refractivity contribution is 0.668. The molecule has 0 aliphatic rings. The molecule has 20 heavy (non-hydrogen) atoms. The lowest BCUT2D eigenvalue weighted by Gasteiger charge is -2.05. The summed E-state index contributed by atoms with van der Waals surface area (Å²) in [5, 5.41) is 10.9. The third-order valence-corrected chi connectivity index (χ3v) is 3.15. The minimum atomic E-state index is -0.0455. The molecule has 0 spiro atoms. The first-order chi connectivity index (χ1) is 9.83. The van der Waals surface area contributed by atoms with E-state index in [1.807, 2.05) is 30.3 Å². The van der Waals surface area contributed by atoms with Crippen LogP contribution in [0.4, 0.5) is 0 Å². The maximum absolute atomic E-state index is 11.9. The van der Waals surface area contributed by atoms with E-state index in [4.69, 9.17) is 0 Å². The van der Waals surface area contributed by atoms with Crippen molar-refractivity contribution in [3.8, 4) is 0 Å². The topological polar surface area (TPSA) is 86.5 Å². The Morgan fingerprint density at radius 3 is 3.00 bits per heavy atom. The second-order valence-corrected chi connectivity index (χ2v) is 4.57. The summed E-state index contributed by atoms with van der Waals surface area (Å²) in [6, 6.07) is 9.69. The van der Waals surface area contributed by atoms with E-state index in [-0.39, 0.29) is 5.56 Å². The summed E-state index contributed by atoms with van der Waals surface area (Å²) >= 11 is 0. The third-order valence-electron chi connectivity index (χ3n) is 3.15. The van der Waals surface area contributed by atoms with Gasteiger partial charge in [0.15, 0.2) is 0 Å². The second-order valence-electron chi connectivity index (χ2n) is 4.57. The monoisotopic (exact) mass is 269 g/mol. The van der Waals surface area contributed by atoms with Crippen LogP contribution >= 0.6 is 0 Å². The van der Waals surface area contributed by atoms with Gasteiger partial charge in [0.2, 0.25) is 0 Å². The number of nitrogens with zero attached hydrogens (tertiary/aromatic N) is 2. The van der Waals surface area contributed by atoms with Crippen molar-refractivity contribution < 1.29 is 0 Å². The van der Waals surface area contributed by atoms with Crippen molar-refractivity contribution >= 4 is 10.9 Å². The van der Waals surface area contributed by atoms with Crippen molar-refractivity contribution in [1.82, 2.24) is 25.5 Å². The Morgan fingerprint density at radius 2 is 2.15 bits per heavy atom. The van der Waals surface area contributed by atoms with Crippen molar-refractivity contribution in [2.75, 3.05) is 6.54 Å². The Hall–Kier alpha value is -2.47.